The highest BCUT2D eigenvalue weighted by molar-refractivity contribution is 7.99. The smallest absolute Gasteiger partial charge is 0.342 e. The van der Waals surface area contributed by atoms with Crippen LogP contribution in [-0.4, -0.2) is 50.0 Å². The maximum Gasteiger partial charge on any atom is 0.342 e. The molecule has 3 aromatic heterocycles. The van der Waals surface area contributed by atoms with Gasteiger partial charge in [-0.2, -0.15) is 11.8 Å². The number of hydrogen-bond donors (Lipinski definition) is 1. The van der Waals surface area contributed by atoms with Crippen LogP contribution in [-0.2, 0) is 0 Å². The van der Waals surface area contributed by atoms with Crippen LogP contribution in [0.2, 0.25) is 0 Å². The number of aromatic nitrogens is 2. The Morgan fingerprint density at radius 3 is 2.67 bits per heavy atom. The van der Waals surface area contributed by atoms with Gasteiger partial charge in [0.1, 0.15) is 10.4 Å². The number of aromatic carboxylic acids is 1. The molecule has 0 saturated carbocycles. The topological polar surface area (TPSA) is 118 Å². The molecule has 1 fully saturated rings. The van der Waals surface area contributed by atoms with Gasteiger partial charge in [-0.25, -0.2) is 9.78 Å². The lowest BCUT2D eigenvalue weighted by molar-refractivity contribution is -0.384. The minimum absolute atomic E-state index is 0.0738. The van der Waals surface area contributed by atoms with Crippen LogP contribution in [0, 0.1) is 10.1 Å². The summed E-state index contributed by atoms with van der Waals surface area (Å²) in [6, 6.07) is 8.46. The van der Waals surface area contributed by atoms with Gasteiger partial charge in [0.15, 0.2) is 5.65 Å². The first-order chi connectivity index (χ1) is 14.5. The molecule has 1 aliphatic rings. The molecule has 1 aliphatic heterocycles. The van der Waals surface area contributed by atoms with Crippen LogP contribution in [0.15, 0.2) is 35.1 Å². The molecule has 4 aromatic rings. The Kier molecular flexibility index (Phi) is 4.36. The maximum absolute atomic E-state index is 13.1. The van der Waals surface area contributed by atoms with E-state index in [9.17, 15) is 24.8 Å². The Hall–Kier alpha value is -3.18. The number of rotatable bonds is 3. The van der Waals surface area contributed by atoms with Gasteiger partial charge in [0.05, 0.1) is 20.5 Å². The number of pyridine rings is 2. The number of benzene rings is 1. The van der Waals surface area contributed by atoms with Crippen LogP contribution in [0.4, 0.5) is 11.5 Å². The standard InChI is InChI=1S/C19H14N4O5S2/c24-15-10-9-12(23(27)28)17(21-5-7-29-8-6-21)20-16(10)22-11-3-1-2-4-13(11)30-18(22)14(15)19(25)26/h1-4,9H,5-8H2,(H,25,26). The second kappa shape index (κ2) is 6.96. The van der Waals surface area contributed by atoms with Gasteiger partial charge in [-0.3, -0.25) is 19.3 Å². The number of carboxylic acids is 1. The lowest BCUT2D eigenvalue weighted by atomic mass is 10.1. The Balaban J connectivity index is 1.98. The molecule has 0 unspecified atom stereocenters. The van der Waals surface area contributed by atoms with Crippen LogP contribution in [0.3, 0.4) is 0 Å². The summed E-state index contributed by atoms with van der Waals surface area (Å²) < 4.78 is 2.43. The van der Waals surface area contributed by atoms with E-state index in [0.717, 1.165) is 16.2 Å². The van der Waals surface area contributed by atoms with Crippen LogP contribution < -0.4 is 10.3 Å². The van der Waals surface area contributed by atoms with Gasteiger partial charge in [-0.05, 0) is 12.1 Å². The third-order valence-electron chi connectivity index (χ3n) is 5.10. The summed E-state index contributed by atoms with van der Waals surface area (Å²) in [5.41, 5.74) is -0.521. The summed E-state index contributed by atoms with van der Waals surface area (Å²) in [7, 11) is 0. The number of thiazole rings is 1. The van der Waals surface area contributed by atoms with Crippen LogP contribution in [0.5, 0.6) is 0 Å². The summed E-state index contributed by atoms with van der Waals surface area (Å²) in [6.07, 6.45) is 0. The number of nitro groups is 1. The SMILES string of the molecule is O=C(O)c1c(=O)c2cc([N+](=O)[O-])c(N3CCSCC3)nc2n2c1sc1ccccc12. The zero-order valence-corrected chi connectivity index (χ0v) is 17.0. The number of hydrogen-bond acceptors (Lipinski definition) is 8. The van der Waals surface area contributed by atoms with Gasteiger partial charge < -0.3 is 10.0 Å². The van der Waals surface area contributed by atoms with Gasteiger partial charge in [0.25, 0.3) is 0 Å². The Labute approximate surface area is 176 Å². The number of fused-ring (bicyclic) bond motifs is 5. The summed E-state index contributed by atoms with van der Waals surface area (Å²) in [5, 5.41) is 21.4. The average molecular weight is 442 g/mol. The van der Waals surface area contributed by atoms with E-state index in [1.807, 2.05) is 29.2 Å². The first-order valence-electron chi connectivity index (χ1n) is 9.09. The zero-order chi connectivity index (χ0) is 21.0. The molecule has 30 heavy (non-hydrogen) atoms. The molecule has 1 aromatic carbocycles. The molecule has 1 saturated heterocycles. The second-order valence-electron chi connectivity index (χ2n) is 6.78. The minimum atomic E-state index is -1.37. The number of thioether (sulfide) groups is 1. The Morgan fingerprint density at radius 2 is 1.97 bits per heavy atom. The van der Waals surface area contributed by atoms with E-state index in [1.54, 1.807) is 16.2 Å². The Morgan fingerprint density at radius 1 is 1.23 bits per heavy atom. The number of carbonyl (C=O) groups is 1. The van der Waals surface area contributed by atoms with Crippen molar-refractivity contribution in [2.45, 2.75) is 0 Å². The molecule has 9 nitrogen and oxygen atoms in total. The predicted octanol–water partition coefficient (Wildman–Crippen LogP) is 3.22. The van der Waals surface area contributed by atoms with E-state index >= 15 is 0 Å². The van der Waals surface area contributed by atoms with Gasteiger partial charge in [-0.1, -0.05) is 12.1 Å². The molecular formula is C19H14N4O5S2. The first kappa shape index (κ1) is 18.8. The monoisotopic (exact) mass is 442 g/mol. The fourth-order valence-electron chi connectivity index (χ4n) is 3.74. The maximum atomic E-state index is 13.1. The van der Waals surface area contributed by atoms with Gasteiger partial charge in [0.2, 0.25) is 11.2 Å². The Bertz CT molecular complexity index is 1420. The fraction of sp³-hybridized carbons (Fsp3) is 0.211. The zero-order valence-electron chi connectivity index (χ0n) is 15.4. The third kappa shape index (κ3) is 2.73. The van der Waals surface area contributed by atoms with Crippen molar-refractivity contribution in [1.82, 2.24) is 9.38 Å². The summed E-state index contributed by atoms with van der Waals surface area (Å²) in [4.78, 5) is 42.9. The number of carboxylic acid groups (broad SMARTS) is 1. The highest BCUT2D eigenvalue weighted by Crippen LogP contribution is 2.35. The summed E-state index contributed by atoms with van der Waals surface area (Å²) in [5.74, 6) is 0.488. The number of nitrogens with zero attached hydrogens (tertiary/aromatic N) is 4. The molecule has 0 aliphatic carbocycles. The van der Waals surface area contributed by atoms with E-state index in [1.165, 1.54) is 17.4 Å². The van der Waals surface area contributed by atoms with Crippen LogP contribution in [0.25, 0.3) is 26.1 Å². The molecule has 11 heteroatoms. The van der Waals surface area contributed by atoms with Crippen molar-refractivity contribution >= 4 is 66.7 Å². The number of anilines is 1. The molecule has 1 N–H and O–H groups in total. The molecule has 152 valence electrons. The second-order valence-corrected chi connectivity index (χ2v) is 9.03. The average Bonchev–Trinajstić information content (AvgIpc) is 3.12. The van der Waals surface area contributed by atoms with E-state index < -0.39 is 21.9 Å². The lowest BCUT2D eigenvalue weighted by Gasteiger charge is -2.27. The van der Waals surface area contributed by atoms with Crippen molar-refractivity contribution in [3.05, 3.63) is 56.2 Å². The highest BCUT2D eigenvalue weighted by atomic mass is 32.2. The molecule has 0 radical (unpaired) electrons. The molecule has 0 bridgehead atoms. The normalized spacial score (nSPS) is 14.6. The molecular weight excluding hydrogens is 428 g/mol. The fourth-order valence-corrected chi connectivity index (χ4v) is 5.82. The van der Waals surface area contributed by atoms with E-state index in [-0.39, 0.29) is 27.4 Å². The van der Waals surface area contributed by atoms with E-state index in [4.69, 9.17) is 0 Å². The van der Waals surface area contributed by atoms with Crippen molar-refractivity contribution in [3.63, 3.8) is 0 Å². The van der Waals surface area contributed by atoms with Gasteiger partial charge in [-0.15, -0.1) is 11.3 Å². The van der Waals surface area contributed by atoms with Gasteiger partial charge >= 0.3 is 11.7 Å². The van der Waals surface area contributed by atoms with Crippen LogP contribution >= 0.6 is 23.1 Å². The lowest BCUT2D eigenvalue weighted by Crippen LogP contribution is -2.34. The first-order valence-corrected chi connectivity index (χ1v) is 11.1. The molecule has 0 atom stereocenters. The van der Waals surface area contributed by atoms with Crippen molar-refractivity contribution in [2.75, 3.05) is 29.5 Å². The third-order valence-corrected chi connectivity index (χ3v) is 7.18. The van der Waals surface area contributed by atoms with Crippen molar-refractivity contribution in [3.8, 4) is 0 Å². The molecule has 4 heterocycles. The molecule has 0 amide bonds. The quantitative estimate of drug-likeness (QED) is 0.380. The summed E-state index contributed by atoms with van der Waals surface area (Å²) in [6.45, 7) is 1.22. The summed E-state index contributed by atoms with van der Waals surface area (Å²) >= 11 is 2.96. The largest absolute Gasteiger partial charge is 0.477 e. The van der Waals surface area contributed by atoms with Crippen molar-refractivity contribution in [2.24, 2.45) is 0 Å². The minimum Gasteiger partial charge on any atom is -0.477 e. The molecule has 5 rings (SSSR count). The number of para-hydroxylation sites is 1. The van der Waals surface area contributed by atoms with Crippen molar-refractivity contribution in [1.29, 1.82) is 0 Å². The van der Waals surface area contributed by atoms with E-state index in [2.05, 4.69) is 4.98 Å². The predicted molar refractivity (Wildman–Crippen MR) is 118 cm³/mol. The molecule has 0 spiro atoms. The highest BCUT2D eigenvalue weighted by Gasteiger charge is 2.28. The van der Waals surface area contributed by atoms with E-state index in [0.29, 0.717) is 18.6 Å². The van der Waals surface area contributed by atoms with Crippen LogP contribution in [0.1, 0.15) is 10.4 Å². The van der Waals surface area contributed by atoms with Gasteiger partial charge in [0, 0.05) is 30.7 Å². The van der Waals surface area contributed by atoms with Crippen molar-refractivity contribution < 1.29 is 14.8 Å².